The highest BCUT2D eigenvalue weighted by atomic mass is 35.5. The number of aliphatic hydroxyl groups excluding tert-OH is 1. The third kappa shape index (κ3) is 6.75. The normalized spacial score (nSPS) is 12.4. The van der Waals surface area contributed by atoms with Gasteiger partial charge in [-0.1, -0.05) is 17.7 Å². The van der Waals surface area contributed by atoms with E-state index >= 15 is 0 Å². The molecular weight excluding hydrogens is 461 g/mol. The van der Waals surface area contributed by atoms with Gasteiger partial charge in [0, 0.05) is 35.8 Å². The van der Waals surface area contributed by atoms with Crippen molar-refractivity contribution in [2.45, 2.75) is 20.0 Å². The number of ether oxygens (including phenoxy) is 1. The molecule has 2 aromatic carbocycles. The Labute approximate surface area is 193 Å². The van der Waals surface area contributed by atoms with Crippen molar-refractivity contribution in [2.24, 2.45) is 0 Å². The lowest BCUT2D eigenvalue weighted by Crippen LogP contribution is -2.26. The minimum Gasteiger partial charge on any atom is -0.492 e. The molecule has 1 atom stereocenters. The van der Waals surface area contributed by atoms with Gasteiger partial charge in [0.15, 0.2) is 0 Å². The number of hydrogen-bond acceptors (Lipinski definition) is 5. The summed E-state index contributed by atoms with van der Waals surface area (Å²) in [6.45, 7) is 5.41. The van der Waals surface area contributed by atoms with E-state index in [2.05, 4.69) is 21.9 Å². The Morgan fingerprint density at radius 2 is 1.94 bits per heavy atom. The SMILES string of the molecule is Cc1[nH]c2cc(OCCNCC(O)c3ccc(Cl)c(NS(C)(=O)=O)c3)ccc2c1C.Cl. The van der Waals surface area contributed by atoms with Crippen LogP contribution in [0.2, 0.25) is 5.02 Å². The van der Waals surface area contributed by atoms with E-state index in [0.717, 1.165) is 23.2 Å². The quantitative estimate of drug-likeness (QED) is 0.342. The number of hydrogen-bond donors (Lipinski definition) is 4. The average Bonchev–Trinajstić information content (AvgIpc) is 2.95. The molecule has 0 bridgehead atoms. The van der Waals surface area contributed by atoms with Gasteiger partial charge in [-0.25, -0.2) is 8.42 Å². The van der Waals surface area contributed by atoms with Gasteiger partial charge in [0.1, 0.15) is 12.4 Å². The number of H-pyrrole nitrogens is 1. The number of aromatic amines is 1. The first-order valence-corrected chi connectivity index (χ1v) is 11.8. The van der Waals surface area contributed by atoms with Gasteiger partial charge in [-0.15, -0.1) is 12.4 Å². The molecule has 31 heavy (non-hydrogen) atoms. The smallest absolute Gasteiger partial charge is 0.229 e. The average molecular weight is 488 g/mol. The van der Waals surface area contributed by atoms with E-state index in [4.69, 9.17) is 16.3 Å². The van der Waals surface area contributed by atoms with Crippen molar-refractivity contribution in [3.05, 3.63) is 58.2 Å². The maximum absolute atomic E-state index is 11.4. The molecule has 0 fully saturated rings. The Hall–Kier alpha value is -1.97. The molecule has 4 N–H and O–H groups in total. The van der Waals surface area contributed by atoms with Crippen LogP contribution in [-0.2, 0) is 10.0 Å². The molecule has 1 heterocycles. The van der Waals surface area contributed by atoms with Gasteiger partial charge < -0.3 is 20.1 Å². The first-order chi connectivity index (χ1) is 14.1. The zero-order valence-electron chi connectivity index (χ0n) is 17.5. The fourth-order valence-corrected chi connectivity index (χ4v) is 3.96. The lowest BCUT2D eigenvalue weighted by atomic mass is 10.1. The summed E-state index contributed by atoms with van der Waals surface area (Å²) in [6, 6.07) is 10.7. The third-order valence-electron chi connectivity index (χ3n) is 4.84. The van der Waals surface area contributed by atoms with Crippen LogP contribution >= 0.6 is 24.0 Å². The van der Waals surface area contributed by atoms with Crippen molar-refractivity contribution >= 4 is 50.6 Å². The molecule has 0 aliphatic carbocycles. The van der Waals surface area contributed by atoms with Crippen molar-refractivity contribution in [1.82, 2.24) is 10.3 Å². The topological polar surface area (TPSA) is 103 Å². The first kappa shape index (κ1) is 25.3. The van der Waals surface area contributed by atoms with Crippen LogP contribution < -0.4 is 14.8 Å². The summed E-state index contributed by atoms with van der Waals surface area (Å²) >= 11 is 6.01. The van der Waals surface area contributed by atoms with Crippen LogP contribution in [0.25, 0.3) is 10.9 Å². The van der Waals surface area contributed by atoms with Gasteiger partial charge in [-0.3, -0.25) is 4.72 Å². The molecule has 0 spiro atoms. The Kier molecular flexibility index (Phi) is 8.62. The van der Waals surface area contributed by atoms with E-state index in [9.17, 15) is 13.5 Å². The summed E-state index contributed by atoms with van der Waals surface area (Å²) in [4.78, 5) is 3.34. The maximum Gasteiger partial charge on any atom is 0.229 e. The molecule has 0 radical (unpaired) electrons. The number of aliphatic hydroxyl groups is 1. The fraction of sp³-hybridized carbons (Fsp3) is 0.333. The zero-order chi connectivity index (χ0) is 21.9. The van der Waals surface area contributed by atoms with E-state index in [1.807, 2.05) is 25.1 Å². The summed E-state index contributed by atoms with van der Waals surface area (Å²) in [7, 11) is -3.46. The minimum absolute atomic E-state index is 0. The second kappa shape index (κ2) is 10.6. The van der Waals surface area contributed by atoms with E-state index in [1.165, 1.54) is 17.0 Å². The maximum atomic E-state index is 11.4. The van der Waals surface area contributed by atoms with Crippen LogP contribution in [0.1, 0.15) is 22.9 Å². The monoisotopic (exact) mass is 487 g/mol. The molecule has 0 saturated carbocycles. The Morgan fingerprint density at radius 3 is 2.65 bits per heavy atom. The summed E-state index contributed by atoms with van der Waals surface area (Å²) in [6.07, 6.45) is 0.229. The van der Waals surface area contributed by atoms with Gasteiger partial charge in [0.2, 0.25) is 10.0 Å². The summed E-state index contributed by atoms with van der Waals surface area (Å²) < 4.78 is 31.0. The second-order valence-corrected chi connectivity index (χ2v) is 9.42. The molecule has 10 heteroatoms. The summed E-state index contributed by atoms with van der Waals surface area (Å²) in [5.74, 6) is 0.778. The standard InChI is InChI=1S/C21H26ClN3O4S.ClH/c1-13-14(2)24-19-11-16(5-6-17(13)19)29-9-8-23-12-21(26)15-4-7-18(22)20(10-15)25-30(3,27)28;/h4-7,10-11,21,23-26H,8-9,12H2,1-3H3;1H. The summed E-state index contributed by atoms with van der Waals surface area (Å²) in [5.41, 5.74) is 4.23. The van der Waals surface area contributed by atoms with Crippen LogP contribution in [0.3, 0.4) is 0 Å². The van der Waals surface area contributed by atoms with E-state index < -0.39 is 16.1 Å². The van der Waals surface area contributed by atoms with Crippen LogP contribution in [0, 0.1) is 13.8 Å². The Bertz CT molecular complexity index is 1150. The highest BCUT2D eigenvalue weighted by Gasteiger charge is 2.12. The second-order valence-electron chi connectivity index (χ2n) is 7.26. The van der Waals surface area contributed by atoms with Gasteiger partial charge in [-0.2, -0.15) is 0 Å². The van der Waals surface area contributed by atoms with Crippen molar-refractivity contribution < 1.29 is 18.3 Å². The largest absolute Gasteiger partial charge is 0.492 e. The van der Waals surface area contributed by atoms with E-state index in [-0.39, 0.29) is 29.7 Å². The molecule has 1 unspecified atom stereocenters. The number of aromatic nitrogens is 1. The minimum atomic E-state index is -3.46. The number of halogens is 2. The Balaban J connectivity index is 0.00000341. The van der Waals surface area contributed by atoms with Crippen LogP contribution in [0.5, 0.6) is 5.75 Å². The number of rotatable bonds is 9. The lowest BCUT2D eigenvalue weighted by molar-refractivity contribution is 0.172. The Morgan fingerprint density at radius 1 is 1.19 bits per heavy atom. The number of benzene rings is 2. The van der Waals surface area contributed by atoms with Gasteiger partial charge in [0.05, 0.1) is 23.1 Å². The predicted molar refractivity (Wildman–Crippen MR) is 128 cm³/mol. The zero-order valence-corrected chi connectivity index (χ0v) is 19.9. The van der Waals surface area contributed by atoms with Gasteiger partial charge in [0.25, 0.3) is 0 Å². The number of aryl methyl sites for hydroxylation is 2. The molecule has 1 aromatic heterocycles. The van der Waals surface area contributed by atoms with Crippen molar-refractivity contribution in [1.29, 1.82) is 0 Å². The molecular formula is C21H27Cl2N3O4S. The third-order valence-corrected chi connectivity index (χ3v) is 5.76. The molecule has 0 amide bonds. The first-order valence-electron chi connectivity index (χ1n) is 9.52. The molecule has 0 saturated heterocycles. The van der Waals surface area contributed by atoms with Crippen LogP contribution in [-0.4, -0.2) is 44.5 Å². The molecule has 0 aliphatic rings. The molecule has 0 aliphatic heterocycles. The van der Waals surface area contributed by atoms with E-state index in [0.29, 0.717) is 18.7 Å². The van der Waals surface area contributed by atoms with Crippen LogP contribution in [0.15, 0.2) is 36.4 Å². The van der Waals surface area contributed by atoms with Crippen molar-refractivity contribution in [3.8, 4) is 5.75 Å². The summed E-state index contributed by atoms with van der Waals surface area (Å²) in [5, 5.41) is 15.0. The fourth-order valence-electron chi connectivity index (χ4n) is 3.17. The van der Waals surface area contributed by atoms with Gasteiger partial charge >= 0.3 is 0 Å². The highest BCUT2D eigenvalue weighted by molar-refractivity contribution is 7.92. The number of sulfonamides is 1. The highest BCUT2D eigenvalue weighted by Crippen LogP contribution is 2.27. The number of fused-ring (bicyclic) bond motifs is 1. The van der Waals surface area contributed by atoms with E-state index in [1.54, 1.807) is 12.1 Å². The molecule has 3 rings (SSSR count). The number of nitrogens with one attached hydrogen (secondary N) is 3. The molecule has 170 valence electrons. The molecule has 3 aromatic rings. The number of anilines is 1. The predicted octanol–water partition coefficient (Wildman–Crippen LogP) is 3.93. The van der Waals surface area contributed by atoms with Gasteiger partial charge in [-0.05, 0) is 49.2 Å². The van der Waals surface area contributed by atoms with Crippen LogP contribution in [0.4, 0.5) is 5.69 Å². The van der Waals surface area contributed by atoms with Crippen molar-refractivity contribution in [3.63, 3.8) is 0 Å². The lowest BCUT2D eigenvalue weighted by Gasteiger charge is -2.15. The molecule has 7 nitrogen and oxygen atoms in total. The van der Waals surface area contributed by atoms with Crippen molar-refractivity contribution in [2.75, 3.05) is 30.7 Å².